The first-order valence-electron chi connectivity index (χ1n) is 6.10. The van der Waals surface area contributed by atoms with Crippen LogP contribution in [0.1, 0.15) is 25.5 Å². The lowest BCUT2D eigenvalue weighted by Crippen LogP contribution is -2.02. The molecule has 0 amide bonds. The number of para-hydroxylation sites is 1. The summed E-state index contributed by atoms with van der Waals surface area (Å²) in [6.45, 7) is 4.95. The first-order valence-corrected chi connectivity index (χ1v) is 6.10. The average Bonchev–Trinajstić information content (AvgIpc) is 2.85. The number of rotatable bonds is 5. The number of benzene rings is 1. The van der Waals surface area contributed by atoms with Gasteiger partial charge in [-0.1, -0.05) is 18.2 Å². The van der Waals surface area contributed by atoms with Crippen molar-refractivity contribution in [2.45, 2.75) is 26.4 Å². The van der Waals surface area contributed by atoms with Crippen molar-refractivity contribution < 1.29 is 4.74 Å². The van der Waals surface area contributed by atoms with Gasteiger partial charge in [0, 0.05) is 24.3 Å². The summed E-state index contributed by atoms with van der Waals surface area (Å²) in [6, 6.07) is 8.38. The van der Waals surface area contributed by atoms with Crippen LogP contribution in [0.25, 0.3) is 0 Å². The van der Waals surface area contributed by atoms with Gasteiger partial charge < -0.3 is 10.1 Å². The van der Waals surface area contributed by atoms with E-state index in [0.29, 0.717) is 6.04 Å². The Morgan fingerprint density at radius 3 is 2.78 bits per heavy atom. The topological polar surface area (TPSA) is 39.1 Å². The maximum atomic E-state index is 5.32. The summed E-state index contributed by atoms with van der Waals surface area (Å²) in [5, 5.41) is 7.64. The third-order valence-electron chi connectivity index (χ3n) is 2.81. The van der Waals surface area contributed by atoms with Crippen LogP contribution in [0.2, 0.25) is 0 Å². The quantitative estimate of drug-likeness (QED) is 0.879. The molecule has 0 aliphatic carbocycles. The van der Waals surface area contributed by atoms with Crippen LogP contribution in [0.3, 0.4) is 0 Å². The molecule has 4 nitrogen and oxygen atoms in total. The fourth-order valence-corrected chi connectivity index (χ4v) is 1.76. The van der Waals surface area contributed by atoms with Crippen LogP contribution in [-0.2, 0) is 6.54 Å². The van der Waals surface area contributed by atoms with Crippen molar-refractivity contribution in [3.63, 3.8) is 0 Å². The highest BCUT2D eigenvalue weighted by molar-refractivity contribution is 5.42. The van der Waals surface area contributed by atoms with Crippen molar-refractivity contribution in [2.24, 2.45) is 0 Å². The van der Waals surface area contributed by atoms with Gasteiger partial charge in [-0.2, -0.15) is 5.10 Å². The zero-order valence-corrected chi connectivity index (χ0v) is 11.1. The second-order valence-electron chi connectivity index (χ2n) is 4.47. The molecule has 1 aromatic carbocycles. The van der Waals surface area contributed by atoms with Crippen molar-refractivity contribution in [3.8, 4) is 5.75 Å². The molecule has 1 heterocycles. The smallest absolute Gasteiger partial charge is 0.123 e. The van der Waals surface area contributed by atoms with Crippen LogP contribution >= 0.6 is 0 Å². The molecule has 0 spiro atoms. The van der Waals surface area contributed by atoms with E-state index < -0.39 is 0 Å². The number of methoxy groups -OCH3 is 1. The number of anilines is 1. The van der Waals surface area contributed by atoms with Crippen LogP contribution < -0.4 is 10.1 Å². The molecule has 0 fully saturated rings. The minimum Gasteiger partial charge on any atom is -0.496 e. The van der Waals surface area contributed by atoms with Gasteiger partial charge in [0.05, 0.1) is 19.0 Å². The highest BCUT2D eigenvalue weighted by Gasteiger charge is 2.04. The standard InChI is InChI=1S/C14H19N3O/c1-11(2)17-10-13(9-16-17)15-8-12-6-4-5-7-14(12)18-3/h4-7,9-11,15H,8H2,1-3H3. The van der Waals surface area contributed by atoms with E-state index in [4.69, 9.17) is 4.74 Å². The van der Waals surface area contributed by atoms with Gasteiger partial charge in [-0.15, -0.1) is 0 Å². The molecule has 0 saturated carbocycles. The van der Waals surface area contributed by atoms with Gasteiger partial charge in [-0.25, -0.2) is 0 Å². The second kappa shape index (κ2) is 5.58. The highest BCUT2D eigenvalue weighted by Crippen LogP contribution is 2.19. The molecule has 2 aromatic rings. The van der Waals surface area contributed by atoms with Gasteiger partial charge in [0.15, 0.2) is 0 Å². The minimum atomic E-state index is 0.381. The normalized spacial score (nSPS) is 10.7. The second-order valence-corrected chi connectivity index (χ2v) is 4.47. The van der Waals surface area contributed by atoms with Gasteiger partial charge in [-0.3, -0.25) is 4.68 Å². The molecule has 0 bridgehead atoms. The van der Waals surface area contributed by atoms with E-state index in [9.17, 15) is 0 Å². The van der Waals surface area contributed by atoms with Crippen LogP contribution in [0, 0.1) is 0 Å². The fourth-order valence-electron chi connectivity index (χ4n) is 1.76. The summed E-state index contributed by atoms with van der Waals surface area (Å²) in [7, 11) is 1.69. The molecular weight excluding hydrogens is 226 g/mol. The number of hydrogen-bond acceptors (Lipinski definition) is 3. The minimum absolute atomic E-state index is 0.381. The molecule has 0 radical (unpaired) electrons. The number of aromatic nitrogens is 2. The third kappa shape index (κ3) is 2.83. The molecule has 0 aliphatic rings. The summed E-state index contributed by atoms with van der Waals surface area (Å²) in [4.78, 5) is 0. The molecule has 18 heavy (non-hydrogen) atoms. The van der Waals surface area contributed by atoms with Crippen LogP contribution in [0.5, 0.6) is 5.75 Å². The van der Waals surface area contributed by atoms with Gasteiger partial charge in [-0.05, 0) is 19.9 Å². The van der Waals surface area contributed by atoms with E-state index in [0.717, 1.165) is 23.5 Å². The van der Waals surface area contributed by atoms with Crippen molar-refractivity contribution >= 4 is 5.69 Å². The molecule has 1 aromatic heterocycles. The Morgan fingerprint density at radius 2 is 2.11 bits per heavy atom. The van der Waals surface area contributed by atoms with E-state index in [1.54, 1.807) is 7.11 Å². The van der Waals surface area contributed by atoms with E-state index in [1.807, 2.05) is 35.3 Å². The molecule has 0 unspecified atom stereocenters. The molecule has 1 N–H and O–H groups in total. The number of nitrogens with one attached hydrogen (secondary N) is 1. The lowest BCUT2D eigenvalue weighted by Gasteiger charge is -2.09. The molecule has 2 rings (SSSR count). The summed E-state index contributed by atoms with van der Waals surface area (Å²) in [5.41, 5.74) is 2.16. The molecular formula is C14H19N3O. The van der Waals surface area contributed by atoms with Crippen LogP contribution in [0.15, 0.2) is 36.7 Å². The average molecular weight is 245 g/mol. The van der Waals surface area contributed by atoms with Crippen molar-refractivity contribution in [3.05, 3.63) is 42.2 Å². The van der Waals surface area contributed by atoms with Gasteiger partial charge in [0.25, 0.3) is 0 Å². The first-order chi connectivity index (χ1) is 8.70. The van der Waals surface area contributed by atoms with E-state index in [-0.39, 0.29) is 0 Å². The Balaban J connectivity index is 2.02. The summed E-state index contributed by atoms with van der Waals surface area (Å²) < 4.78 is 7.25. The molecule has 0 atom stereocenters. The number of nitrogens with zero attached hydrogens (tertiary/aromatic N) is 2. The number of hydrogen-bond donors (Lipinski definition) is 1. The van der Waals surface area contributed by atoms with Crippen molar-refractivity contribution in [1.29, 1.82) is 0 Å². The summed E-state index contributed by atoms with van der Waals surface area (Å²) >= 11 is 0. The van der Waals surface area contributed by atoms with Crippen molar-refractivity contribution in [1.82, 2.24) is 9.78 Å². The SMILES string of the molecule is COc1ccccc1CNc1cnn(C(C)C)c1. The largest absolute Gasteiger partial charge is 0.496 e. The zero-order valence-electron chi connectivity index (χ0n) is 11.1. The van der Waals surface area contributed by atoms with E-state index >= 15 is 0 Å². The van der Waals surface area contributed by atoms with Gasteiger partial charge in [0.1, 0.15) is 5.75 Å². The Morgan fingerprint density at radius 1 is 1.33 bits per heavy atom. The van der Waals surface area contributed by atoms with Gasteiger partial charge >= 0.3 is 0 Å². The highest BCUT2D eigenvalue weighted by atomic mass is 16.5. The third-order valence-corrected chi connectivity index (χ3v) is 2.81. The summed E-state index contributed by atoms with van der Waals surface area (Å²) in [6.07, 6.45) is 3.86. The maximum Gasteiger partial charge on any atom is 0.123 e. The fraction of sp³-hybridized carbons (Fsp3) is 0.357. The maximum absolute atomic E-state index is 5.32. The lowest BCUT2D eigenvalue weighted by molar-refractivity contribution is 0.410. The zero-order chi connectivity index (χ0) is 13.0. The molecule has 0 aliphatic heterocycles. The molecule has 4 heteroatoms. The van der Waals surface area contributed by atoms with E-state index in [1.165, 1.54) is 0 Å². The molecule has 0 saturated heterocycles. The van der Waals surface area contributed by atoms with Crippen molar-refractivity contribution in [2.75, 3.05) is 12.4 Å². The Kier molecular flexibility index (Phi) is 3.87. The predicted molar refractivity (Wildman–Crippen MR) is 72.9 cm³/mol. The predicted octanol–water partition coefficient (Wildman–Crippen LogP) is 3.08. The van der Waals surface area contributed by atoms with E-state index in [2.05, 4.69) is 30.3 Å². The molecule has 96 valence electrons. The first kappa shape index (κ1) is 12.5. The van der Waals surface area contributed by atoms with Crippen LogP contribution in [-0.4, -0.2) is 16.9 Å². The van der Waals surface area contributed by atoms with Crippen LogP contribution in [0.4, 0.5) is 5.69 Å². The summed E-state index contributed by atoms with van der Waals surface area (Å²) in [5.74, 6) is 0.904. The Hall–Kier alpha value is -1.97. The van der Waals surface area contributed by atoms with Gasteiger partial charge in [0.2, 0.25) is 0 Å². The Bertz CT molecular complexity index is 505. The number of ether oxygens (including phenoxy) is 1. The Labute approximate surface area is 108 Å². The lowest BCUT2D eigenvalue weighted by atomic mass is 10.2. The monoisotopic (exact) mass is 245 g/mol.